The summed E-state index contributed by atoms with van der Waals surface area (Å²) in [6.45, 7) is 2.94. The molecule has 0 aliphatic rings. The Labute approximate surface area is 187 Å². The van der Waals surface area contributed by atoms with Crippen LogP contribution in [0.2, 0.25) is 0 Å². The van der Waals surface area contributed by atoms with Crippen LogP contribution in [0, 0.1) is 0 Å². The molecule has 3 aromatic rings. The maximum Gasteiger partial charge on any atom is 0.243 e. The van der Waals surface area contributed by atoms with Gasteiger partial charge in [0.05, 0.1) is 13.6 Å². The molecule has 0 saturated heterocycles. The third-order valence-electron chi connectivity index (χ3n) is 5.46. The molecule has 1 atom stereocenters. The van der Waals surface area contributed by atoms with E-state index in [-0.39, 0.29) is 0 Å². The molecule has 0 saturated carbocycles. The number of aryl methyl sites for hydroxylation is 2. The molecule has 0 amide bonds. The van der Waals surface area contributed by atoms with Crippen LogP contribution in [0.5, 0.6) is 0 Å². The molecule has 0 aliphatic carbocycles. The molecule has 1 heterocycles. The van der Waals surface area contributed by atoms with Gasteiger partial charge in [0, 0.05) is 0 Å². The van der Waals surface area contributed by atoms with Crippen LogP contribution in [0.4, 0.5) is 0 Å². The van der Waals surface area contributed by atoms with Crippen molar-refractivity contribution in [1.82, 2.24) is 4.57 Å². The fourth-order valence-corrected chi connectivity index (χ4v) is 7.21. The quantitative estimate of drug-likeness (QED) is 0.250. The van der Waals surface area contributed by atoms with E-state index in [4.69, 9.17) is 0 Å². The smallest absolute Gasteiger partial charge is 0.243 e. The van der Waals surface area contributed by atoms with Gasteiger partial charge in [0.2, 0.25) is 6.33 Å². The van der Waals surface area contributed by atoms with Gasteiger partial charge in [-0.25, -0.2) is 17.6 Å². The Morgan fingerprint density at radius 2 is 1.58 bits per heavy atom. The summed E-state index contributed by atoms with van der Waals surface area (Å²) in [5, 5.41) is 1.51. The van der Waals surface area contributed by atoms with Crippen LogP contribution in [0.1, 0.15) is 43.6 Å². The molecule has 31 heavy (non-hydrogen) atoms. The molecule has 0 radical (unpaired) electrons. The average Bonchev–Trinajstić information content (AvgIpc) is 3.12. The fraction of sp³-hybridized carbons (Fsp3) is 0.375. The number of rotatable bonds is 11. The minimum atomic E-state index is -4.45. The second-order valence-corrected chi connectivity index (χ2v) is 11.7. The molecule has 0 bridgehead atoms. The summed E-state index contributed by atoms with van der Waals surface area (Å²) in [6, 6.07) is 20.7. The first-order valence-electron chi connectivity index (χ1n) is 10.8. The monoisotopic (exact) mass is 458 g/mol. The van der Waals surface area contributed by atoms with Gasteiger partial charge in [-0.1, -0.05) is 74.0 Å². The van der Waals surface area contributed by atoms with E-state index in [1.165, 1.54) is 10.6 Å². The Morgan fingerprint density at radius 1 is 1.00 bits per heavy atom. The lowest BCUT2D eigenvalue weighted by Crippen LogP contribution is -2.30. The molecule has 0 N–H and O–H groups in total. The Bertz CT molecular complexity index is 1010. The summed E-state index contributed by atoms with van der Waals surface area (Å²) < 4.78 is 40.2. The molecule has 7 heteroatoms. The second kappa shape index (κ2) is 11.0. The van der Waals surface area contributed by atoms with Crippen molar-refractivity contribution in [3.63, 3.8) is 0 Å². The van der Waals surface area contributed by atoms with Gasteiger partial charge in [0.1, 0.15) is 21.6 Å². The van der Waals surface area contributed by atoms with Crippen LogP contribution in [0.15, 0.2) is 73.2 Å². The van der Waals surface area contributed by atoms with Crippen molar-refractivity contribution in [2.75, 3.05) is 6.16 Å². The summed E-state index contributed by atoms with van der Waals surface area (Å²) in [5.74, 6) is 0. The van der Waals surface area contributed by atoms with E-state index < -0.39 is 23.3 Å². The SMILES string of the molecule is CCCC[n+]1cc(C(CCCP(c2ccccc2)c2ccccc2)S(=O)(=O)[O-])n(C)c1. The second-order valence-electron chi connectivity index (χ2n) is 7.82. The summed E-state index contributed by atoms with van der Waals surface area (Å²) in [7, 11) is -3.24. The Balaban J connectivity index is 1.78. The lowest BCUT2D eigenvalue weighted by atomic mass is 10.2. The van der Waals surface area contributed by atoms with Gasteiger partial charge in [-0.05, 0) is 44.0 Å². The zero-order valence-corrected chi connectivity index (χ0v) is 19.9. The largest absolute Gasteiger partial charge is 0.747 e. The van der Waals surface area contributed by atoms with Crippen LogP contribution in [-0.4, -0.2) is 23.7 Å². The maximum atomic E-state index is 12.2. The molecule has 2 aromatic carbocycles. The van der Waals surface area contributed by atoms with E-state index in [9.17, 15) is 13.0 Å². The Morgan fingerprint density at radius 3 is 2.10 bits per heavy atom. The van der Waals surface area contributed by atoms with Gasteiger partial charge in [-0.3, -0.25) is 0 Å². The lowest BCUT2D eigenvalue weighted by Gasteiger charge is -2.22. The molecular formula is C24H31N2O3PS. The van der Waals surface area contributed by atoms with Crippen LogP contribution in [-0.2, 0) is 23.7 Å². The number of imidazole rings is 1. The minimum absolute atomic E-state index is 0.329. The van der Waals surface area contributed by atoms with Crippen molar-refractivity contribution in [2.45, 2.75) is 44.4 Å². The maximum absolute atomic E-state index is 12.2. The van der Waals surface area contributed by atoms with Crippen molar-refractivity contribution in [3.05, 3.63) is 78.9 Å². The third kappa shape index (κ3) is 6.49. The van der Waals surface area contributed by atoms with Crippen LogP contribution < -0.4 is 15.2 Å². The molecule has 0 fully saturated rings. The van der Waals surface area contributed by atoms with Gasteiger partial charge in [-0.2, -0.15) is 0 Å². The minimum Gasteiger partial charge on any atom is -0.747 e. The highest BCUT2D eigenvalue weighted by Gasteiger charge is 2.27. The Hall–Kier alpha value is -2.01. The number of benzene rings is 2. The van der Waals surface area contributed by atoms with Gasteiger partial charge in [0.25, 0.3) is 0 Å². The highest BCUT2D eigenvalue weighted by molar-refractivity contribution is 7.86. The van der Waals surface area contributed by atoms with Crippen molar-refractivity contribution in [1.29, 1.82) is 0 Å². The summed E-state index contributed by atoms with van der Waals surface area (Å²) in [6.07, 6.45) is 7.62. The number of aromatic nitrogens is 2. The van der Waals surface area contributed by atoms with Crippen LogP contribution in [0.25, 0.3) is 0 Å². The molecule has 166 valence electrons. The molecule has 3 rings (SSSR count). The number of unbranched alkanes of at least 4 members (excludes halogenated alkanes) is 1. The van der Waals surface area contributed by atoms with Gasteiger partial charge in [0.15, 0.2) is 5.69 Å². The van der Waals surface area contributed by atoms with Gasteiger partial charge >= 0.3 is 0 Å². The first kappa shape index (κ1) is 23.6. The average molecular weight is 459 g/mol. The van der Waals surface area contributed by atoms with Gasteiger partial charge in [-0.15, -0.1) is 0 Å². The van der Waals surface area contributed by atoms with E-state index in [0.717, 1.165) is 25.5 Å². The molecule has 5 nitrogen and oxygen atoms in total. The fourth-order valence-electron chi connectivity index (χ4n) is 3.85. The normalized spacial score (nSPS) is 12.9. The van der Waals surface area contributed by atoms with E-state index in [2.05, 4.69) is 31.2 Å². The highest BCUT2D eigenvalue weighted by Crippen LogP contribution is 2.36. The first-order chi connectivity index (χ1) is 14.9. The molecular weight excluding hydrogens is 427 g/mol. The van der Waals surface area contributed by atoms with Crippen LogP contribution in [0.3, 0.4) is 0 Å². The van der Waals surface area contributed by atoms with Crippen molar-refractivity contribution in [3.8, 4) is 0 Å². The predicted octanol–water partition coefficient (Wildman–Crippen LogP) is 3.61. The summed E-state index contributed by atoms with van der Waals surface area (Å²) >= 11 is 0. The predicted molar refractivity (Wildman–Crippen MR) is 126 cm³/mol. The van der Waals surface area contributed by atoms with Crippen molar-refractivity contribution >= 4 is 28.6 Å². The summed E-state index contributed by atoms with van der Waals surface area (Å²) in [4.78, 5) is 0. The molecule has 0 spiro atoms. The first-order valence-corrected chi connectivity index (χ1v) is 13.8. The standard InChI is InChI=1S/C24H31N2O3PS/c1-3-4-17-26-19-23(25(2)20-26)24(31(27,28)29)16-11-18-30(21-12-7-5-8-13-21)22-14-9-6-10-15-22/h5-10,12-15,19-20,24H,3-4,11,16-18H2,1-2H3. The van der Waals surface area contributed by atoms with Crippen molar-refractivity contribution < 1.29 is 17.5 Å². The Kier molecular flexibility index (Phi) is 8.42. The van der Waals surface area contributed by atoms with E-state index >= 15 is 0 Å². The number of hydrogen-bond acceptors (Lipinski definition) is 3. The van der Waals surface area contributed by atoms with Crippen molar-refractivity contribution in [2.24, 2.45) is 7.05 Å². The molecule has 0 aliphatic heterocycles. The van der Waals surface area contributed by atoms with Crippen LogP contribution >= 0.6 is 7.92 Å². The topological polar surface area (TPSA) is 66.0 Å². The third-order valence-corrected chi connectivity index (χ3v) is 9.24. The van der Waals surface area contributed by atoms with E-state index in [1.807, 2.05) is 60.5 Å². The number of hydrogen-bond donors (Lipinski definition) is 0. The van der Waals surface area contributed by atoms with E-state index in [1.54, 1.807) is 4.57 Å². The number of nitrogens with zero attached hydrogens (tertiary/aromatic N) is 2. The van der Waals surface area contributed by atoms with E-state index in [0.29, 0.717) is 18.5 Å². The molecule has 1 aromatic heterocycles. The molecule has 1 unspecified atom stereocenters. The zero-order valence-electron chi connectivity index (χ0n) is 18.2. The lowest BCUT2D eigenvalue weighted by molar-refractivity contribution is -0.697. The van der Waals surface area contributed by atoms with Gasteiger partial charge < -0.3 is 4.55 Å². The zero-order chi connectivity index (χ0) is 22.3. The summed E-state index contributed by atoms with van der Waals surface area (Å²) in [5.41, 5.74) is 0.579. The highest BCUT2D eigenvalue weighted by atomic mass is 32.2.